The van der Waals surface area contributed by atoms with Crippen molar-refractivity contribution >= 4 is 16.9 Å². The third-order valence-electron chi connectivity index (χ3n) is 4.78. The SMILES string of the molecule is COC(=O)c1[nH]c2c(OCCCCCN)cccc2c1CCCCCCN. The van der Waals surface area contributed by atoms with Crippen molar-refractivity contribution in [1.29, 1.82) is 0 Å². The summed E-state index contributed by atoms with van der Waals surface area (Å²) in [5, 5.41) is 1.04. The Morgan fingerprint density at radius 1 is 1.00 bits per heavy atom. The molecule has 0 aliphatic heterocycles. The Morgan fingerprint density at radius 2 is 1.70 bits per heavy atom. The number of aromatic nitrogens is 1. The van der Waals surface area contributed by atoms with Crippen molar-refractivity contribution < 1.29 is 14.3 Å². The highest BCUT2D eigenvalue weighted by Gasteiger charge is 2.20. The van der Waals surface area contributed by atoms with Gasteiger partial charge in [-0.3, -0.25) is 0 Å². The highest BCUT2D eigenvalue weighted by molar-refractivity contribution is 6.00. The van der Waals surface area contributed by atoms with E-state index in [4.69, 9.17) is 20.9 Å². The lowest BCUT2D eigenvalue weighted by molar-refractivity contribution is 0.0594. The van der Waals surface area contributed by atoms with E-state index in [1.165, 1.54) is 7.11 Å². The monoisotopic (exact) mass is 375 g/mol. The maximum Gasteiger partial charge on any atom is 0.354 e. The van der Waals surface area contributed by atoms with Gasteiger partial charge in [0.05, 0.1) is 19.2 Å². The number of hydrogen-bond donors (Lipinski definition) is 3. The predicted molar refractivity (Wildman–Crippen MR) is 109 cm³/mol. The molecule has 0 unspecified atom stereocenters. The van der Waals surface area contributed by atoms with Crippen molar-refractivity contribution in [2.45, 2.75) is 51.4 Å². The van der Waals surface area contributed by atoms with Crippen LogP contribution in [0.2, 0.25) is 0 Å². The maximum atomic E-state index is 12.3. The Morgan fingerprint density at radius 3 is 2.41 bits per heavy atom. The minimum Gasteiger partial charge on any atom is -0.491 e. The van der Waals surface area contributed by atoms with Crippen LogP contribution in [0.5, 0.6) is 5.75 Å². The molecule has 0 atom stereocenters. The smallest absolute Gasteiger partial charge is 0.354 e. The van der Waals surface area contributed by atoms with Gasteiger partial charge in [-0.2, -0.15) is 0 Å². The highest BCUT2D eigenvalue weighted by Crippen LogP contribution is 2.31. The molecule has 0 radical (unpaired) electrons. The number of aromatic amines is 1. The van der Waals surface area contributed by atoms with Crippen LogP contribution in [0.15, 0.2) is 18.2 Å². The lowest BCUT2D eigenvalue weighted by Gasteiger charge is -2.07. The van der Waals surface area contributed by atoms with Gasteiger partial charge in [0.1, 0.15) is 11.4 Å². The molecule has 0 bridgehead atoms. The third-order valence-corrected chi connectivity index (χ3v) is 4.78. The molecule has 150 valence electrons. The number of nitrogens with two attached hydrogens (primary N) is 2. The summed E-state index contributed by atoms with van der Waals surface area (Å²) in [7, 11) is 1.41. The first kappa shape index (κ1) is 21.3. The molecule has 0 spiro atoms. The molecule has 5 N–H and O–H groups in total. The minimum absolute atomic E-state index is 0.336. The van der Waals surface area contributed by atoms with E-state index >= 15 is 0 Å². The van der Waals surface area contributed by atoms with E-state index in [1.54, 1.807) is 0 Å². The van der Waals surface area contributed by atoms with Gasteiger partial charge in [0.15, 0.2) is 0 Å². The minimum atomic E-state index is -0.336. The largest absolute Gasteiger partial charge is 0.491 e. The molecular weight excluding hydrogens is 342 g/mol. The van der Waals surface area contributed by atoms with E-state index in [2.05, 4.69) is 4.98 Å². The van der Waals surface area contributed by atoms with Crippen molar-refractivity contribution in [3.05, 3.63) is 29.5 Å². The summed E-state index contributed by atoms with van der Waals surface area (Å²) in [6, 6.07) is 5.95. The van der Waals surface area contributed by atoms with E-state index in [9.17, 15) is 4.79 Å². The normalized spacial score (nSPS) is 11.1. The zero-order valence-corrected chi connectivity index (χ0v) is 16.4. The standard InChI is InChI=1S/C21H33N3O3/c1-26-21(25)20-17(10-5-2-3-6-13-22)16-11-9-12-18(19(16)24-20)27-15-8-4-7-14-23/h9,11-12,24H,2-8,10,13-15,22-23H2,1H3. The number of carbonyl (C=O) groups excluding carboxylic acids is 1. The van der Waals surface area contributed by atoms with Crippen LogP contribution in [0.3, 0.4) is 0 Å². The quantitative estimate of drug-likeness (QED) is 0.367. The molecule has 1 heterocycles. The number of methoxy groups -OCH3 is 1. The first-order chi connectivity index (χ1) is 13.2. The van der Waals surface area contributed by atoms with Crippen molar-refractivity contribution in [1.82, 2.24) is 4.98 Å². The van der Waals surface area contributed by atoms with Crippen molar-refractivity contribution in [3.8, 4) is 5.75 Å². The lowest BCUT2D eigenvalue weighted by Crippen LogP contribution is -2.05. The second-order valence-electron chi connectivity index (χ2n) is 6.80. The highest BCUT2D eigenvalue weighted by atomic mass is 16.5. The number of carbonyl (C=O) groups is 1. The van der Waals surface area contributed by atoms with Crippen molar-refractivity contribution in [2.24, 2.45) is 11.5 Å². The second kappa shape index (κ2) is 11.6. The van der Waals surface area contributed by atoms with Crippen LogP contribution in [-0.4, -0.2) is 37.8 Å². The van der Waals surface area contributed by atoms with E-state index < -0.39 is 0 Å². The number of para-hydroxylation sites is 1. The van der Waals surface area contributed by atoms with Gasteiger partial charge in [-0.05, 0) is 63.2 Å². The summed E-state index contributed by atoms with van der Waals surface area (Å²) in [6.45, 7) is 2.08. The topological polar surface area (TPSA) is 103 Å². The van der Waals surface area contributed by atoms with E-state index in [1.807, 2.05) is 18.2 Å². The molecule has 1 aromatic heterocycles. The fourth-order valence-electron chi connectivity index (χ4n) is 3.31. The number of nitrogens with one attached hydrogen (secondary N) is 1. The summed E-state index contributed by atoms with van der Waals surface area (Å²) in [5.74, 6) is 0.442. The van der Waals surface area contributed by atoms with Crippen LogP contribution in [0.1, 0.15) is 61.0 Å². The molecule has 0 aliphatic rings. The summed E-state index contributed by atoms with van der Waals surface area (Å²) < 4.78 is 10.9. The van der Waals surface area contributed by atoms with E-state index in [0.717, 1.165) is 80.1 Å². The van der Waals surface area contributed by atoms with Crippen LogP contribution >= 0.6 is 0 Å². The number of fused-ring (bicyclic) bond motifs is 1. The average Bonchev–Trinajstić information content (AvgIpc) is 3.06. The molecule has 27 heavy (non-hydrogen) atoms. The Bertz CT molecular complexity index is 712. The molecule has 0 saturated carbocycles. The van der Waals surface area contributed by atoms with Gasteiger partial charge in [-0.25, -0.2) is 4.79 Å². The zero-order chi connectivity index (χ0) is 19.5. The summed E-state index contributed by atoms with van der Waals surface area (Å²) in [5.41, 5.74) is 13.5. The zero-order valence-electron chi connectivity index (χ0n) is 16.4. The molecule has 6 nitrogen and oxygen atoms in total. The number of H-pyrrole nitrogens is 1. The number of hydrogen-bond acceptors (Lipinski definition) is 5. The van der Waals surface area contributed by atoms with Crippen LogP contribution in [0, 0.1) is 0 Å². The Balaban J connectivity index is 2.17. The number of aryl methyl sites for hydroxylation is 1. The summed E-state index contributed by atoms with van der Waals surface area (Å²) >= 11 is 0. The van der Waals surface area contributed by atoms with Crippen LogP contribution < -0.4 is 16.2 Å². The number of esters is 1. The fraction of sp³-hybridized carbons (Fsp3) is 0.571. The molecule has 6 heteroatoms. The van der Waals surface area contributed by atoms with Crippen LogP contribution in [0.25, 0.3) is 10.9 Å². The number of unbranched alkanes of at least 4 members (excludes halogenated alkanes) is 5. The third kappa shape index (κ3) is 5.97. The van der Waals surface area contributed by atoms with Gasteiger partial charge in [0, 0.05) is 5.39 Å². The van der Waals surface area contributed by atoms with Crippen LogP contribution in [-0.2, 0) is 11.2 Å². The van der Waals surface area contributed by atoms with Crippen molar-refractivity contribution in [3.63, 3.8) is 0 Å². The first-order valence-corrected chi connectivity index (χ1v) is 9.97. The molecule has 2 aromatic rings. The molecule has 0 amide bonds. The number of rotatable bonds is 13. The van der Waals surface area contributed by atoms with Gasteiger partial charge in [0.2, 0.25) is 0 Å². The molecule has 1 aromatic carbocycles. The first-order valence-electron chi connectivity index (χ1n) is 9.97. The predicted octanol–water partition coefficient (Wildman–Crippen LogP) is 3.52. The maximum absolute atomic E-state index is 12.3. The lowest BCUT2D eigenvalue weighted by atomic mass is 10.0. The molecule has 2 rings (SSSR count). The molecule has 0 saturated heterocycles. The Kier molecular flexibility index (Phi) is 9.15. The summed E-state index contributed by atoms with van der Waals surface area (Å²) in [6.07, 6.45) is 8.13. The number of ether oxygens (including phenoxy) is 2. The Hall–Kier alpha value is -2.05. The molecule has 0 fully saturated rings. The fourth-order valence-corrected chi connectivity index (χ4v) is 3.31. The van der Waals surface area contributed by atoms with E-state index in [0.29, 0.717) is 18.8 Å². The average molecular weight is 376 g/mol. The van der Waals surface area contributed by atoms with Gasteiger partial charge < -0.3 is 25.9 Å². The van der Waals surface area contributed by atoms with Crippen molar-refractivity contribution in [2.75, 3.05) is 26.8 Å². The van der Waals surface area contributed by atoms with Crippen LogP contribution in [0.4, 0.5) is 0 Å². The van der Waals surface area contributed by atoms with Gasteiger partial charge in [-0.1, -0.05) is 25.0 Å². The van der Waals surface area contributed by atoms with Gasteiger partial charge in [0.25, 0.3) is 0 Å². The number of benzene rings is 1. The Labute approximate surface area is 161 Å². The molecule has 0 aliphatic carbocycles. The van der Waals surface area contributed by atoms with Gasteiger partial charge >= 0.3 is 5.97 Å². The summed E-state index contributed by atoms with van der Waals surface area (Å²) in [4.78, 5) is 15.5. The molecular formula is C21H33N3O3. The second-order valence-corrected chi connectivity index (χ2v) is 6.80. The van der Waals surface area contributed by atoms with Gasteiger partial charge in [-0.15, -0.1) is 0 Å². The van der Waals surface area contributed by atoms with E-state index in [-0.39, 0.29) is 5.97 Å².